The van der Waals surface area contributed by atoms with Crippen LogP contribution in [0.5, 0.6) is 11.5 Å². The van der Waals surface area contributed by atoms with Crippen LogP contribution in [0.1, 0.15) is 70.1 Å². The van der Waals surface area contributed by atoms with Gasteiger partial charge in [-0.15, -0.1) is 0 Å². The molecule has 0 fully saturated rings. The third kappa shape index (κ3) is 7.75. The summed E-state index contributed by atoms with van der Waals surface area (Å²) in [7, 11) is 0. The fourth-order valence-corrected chi connectivity index (χ4v) is 3.57. The molecule has 0 bridgehead atoms. The molecule has 0 amide bonds. The van der Waals surface area contributed by atoms with Gasteiger partial charge in [0, 0.05) is 5.39 Å². The van der Waals surface area contributed by atoms with E-state index in [0.29, 0.717) is 6.61 Å². The van der Waals surface area contributed by atoms with Crippen LogP contribution in [0, 0.1) is 0 Å². The Kier molecular flexibility index (Phi) is 9.43. The van der Waals surface area contributed by atoms with Crippen molar-refractivity contribution >= 4 is 23.1 Å². The lowest BCUT2D eigenvalue weighted by molar-refractivity contribution is 0.304. The van der Waals surface area contributed by atoms with Gasteiger partial charge in [-0.2, -0.15) is 0 Å². The Morgan fingerprint density at radius 3 is 2.23 bits per heavy atom. The van der Waals surface area contributed by atoms with E-state index in [9.17, 15) is 0 Å². The summed E-state index contributed by atoms with van der Waals surface area (Å²) in [4.78, 5) is 4.72. The number of ether oxygens (including phenoxy) is 2. The Hall–Kier alpha value is -2.81. The van der Waals surface area contributed by atoms with Crippen LogP contribution in [-0.2, 0) is 0 Å². The summed E-state index contributed by atoms with van der Waals surface area (Å²) in [5.74, 6) is 1.83. The Labute approximate surface area is 187 Å². The Bertz CT molecular complexity index is 947. The first-order valence-corrected chi connectivity index (χ1v) is 11.7. The summed E-state index contributed by atoms with van der Waals surface area (Å²) in [6, 6.07) is 18.4. The van der Waals surface area contributed by atoms with E-state index >= 15 is 0 Å². The lowest BCUT2D eigenvalue weighted by Gasteiger charge is -2.06. The molecule has 3 heteroatoms. The van der Waals surface area contributed by atoms with Crippen LogP contribution < -0.4 is 9.47 Å². The lowest BCUT2D eigenvalue weighted by Crippen LogP contribution is -1.97. The number of unbranched alkanes of at least 4 members (excludes halogenated alkanes) is 6. The second kappa shape index (κ2) is 12.8. The van der Waals surface area contributed by atoms with E-state index in [0.717, 1.165) is 46.7 Å². The summed E-state index contributed by atoms with van der Waals surface area (Å²) >= 11 is 0. The van der Waals surface area contributed by atoms with Gasteiger partial charge >= 0.3 is 0 Å². The molecule has 0 spiro atoms. The summed E-state index contributed by atoms with van der Waals surface area (Å²) in [6.07, 6.45) is 13.2. The summed E-state index contributed by atoms with van der Waals surface area (Å²) in [5.41, 5.74) is 3.05. The van der Waals surface area contributed by atoms with Crippen LogP contribution in [-0.4, -0.2) is 18.2 Å². The number of hydrogen-bond donors (Lipinski definition) is 0. The van der Waals surface area contributed by atoms with Gasteiger partial charge in [0.25, 0.3) is 0 Å². The highest BCUT2D eigenvalue weighted by molar-refractivity contribution is 5.82. The Morgan fingerprint density at radius 1 is 0.710 bits per heavy atom. The maximum Gasteiger partial charge on any atom is 0.120 e. The number of fused-ring (bicyclic) bond motifs is 1. The largest absolute Gasteiger partial charge is 0.494 e. The minimum atomic E-state index is 0.669. The first-order valence-electron chi connectivity index (χ1n) is 11.7. The Morgan fingerprint density at radius 2 is 1.45 bits per heavy atom. The maximum absolute atomic E-state index is 5.88. The third-order valence-corrected chi connectivity index (χ3v) is 5.34. The average molecular weight is 418 g/mol. The van der Waals surface area contributed by atoms with Gasteiger partial charge in [-0.25, -0.2) is 4.98 Å². The van der Waals surface area contributed by atoms with Gasteiger partial charge in [-0.1, -0.05) is 69.7 Å². The second-order valence-electron chi connectivity index (χ2n) is 7.90. The number of benzene rings is 2. The highest BCUT2D eigenvalue weighted by Gasteiger charge is 2.00. The van der Waals surface area contributed by atoms with Crippen molar-refractivity contribution in [3.05, 3.63) is 65.9 Å². The van der Waals surface area contributed by atoms with Gasteiger partial charge in [0.15, 0.2) is 0 Å². The summed E-state index contributed by atoms with van der Waals surface area (Å²) < 4.78 is 11.4. The molecule has 1 heterocycles. The molecule has 164 valence electrons. The molecule has 0 N–H and O–H groups in total. The summed E-state index contributed by atoms with van der Waals surface area (Å²) in [6.45, 7) is 5.72. The maximum atomic E-state index is 5.88. The van der Waals surface area contributed by atoms with E-state index < -0.39 is 0 Å². The molecule has 0 saturated carbocycles. The minimum Gasteiger partial charge on any atom is -0.494 e. The fraction of sp³-hybridized carbons (Fsp3) is 0.393. The van der Waals surface area contributed by atoms with Crippen molar-refractivity contribution in [1.82, 2.24) is 4.98 Å². The van der Waals surface area contributed by atoms with Gasteiger partial charge in [-0.05, 0) is 61.4 Å². The van der Waals surface area contributed by atoms with E-state index in [1.807, 2.05) is 49.4 Å². The molecule has 0 radical (unpaired) electrons. The molecule has 0 saturated heterocycles. The van der Waals surface area contributed by atoms with Crippen LogP contribution in [0.3, 0.4) is 0 Å². The van der Waals surface area contributed by atoms with Crippen molar-refractivity contribution in [3.8, 4) is 11.5 Å². The van der Waals surface area contributed by atoms with Crippen LogP contribution in [0.25, 0.3) is 23.1 Å². The summed E-state index contributed by atoms with van der Waals surface area (Å²) in [5, 5.41) is 1.09. The molecular formula is C28H35NO2. The highest BCUT2D eigenvalue weighted by atomic mass is 16.5. The molecule has 3 nitrogen and oxygen atoms in total. The first kappa shape index (κ1) is 22.9. The molecule has 3 aromatic rings. The van der Waals surface area contributed by atoms with Crippen molar-refractivity contribution in [1.29, 1.82) is 0 Å². The molecule has 0 aliphatic rings. The fourth-order valence-electron chi connectivity index (χ4n) is 3.57. The molecule has 3 rings (SSSR count). The Balaban J connectivity index is 1.46. The van der Waals surface area contributed by atoms with Crippen LogP contribution >= 0.6 is 0 Å². The third-order valence-electron chi connectivity index (χ3n) is 5.34. The first-order chi connectivity index (χ1) is 15.3. The zero-order chi connectivity index (χ0) is 21.7. The molecule has 0 aliphatic heterocycles. The molecular weight excluding hydrogens is 382 g/mol. The van der Waals surface area contributed by atoms with Crippen LogP contribution in [0.4, 0.5) is 0 Å². The van der Waals surface area contributed by atoms with Crippen LogP contribution in [0.2, 0.25) is 0 Å². The molecule has 31 heavy (non-hydrogen) atoms. The molecule has 1 aromatic heterocycles. The topological polar surface area (TPSA) is 31.4 Å². The van der Waals surface area contributed by atoms with E-state index in [-0.39, 0.29) is 0 Å². The minimum absolute atomic E-state index is 0.669. The van der Waals surface area contributed by atoms with Crippen molar-refractivity contribution < 1.29 is 9.47 Å². The van der Waals surface area contributed by atoms with Crippen molar-refractivity contribution in [2.24, 2.45) is 0 Å². The number of aromatic nitrogens is 1. The zero-order valence-corrected chi connectivity index (χ0v) is 19.0. The van der Waals surface area contributed by atoms with Gasteiger partial charge in [-0.3, -0.25) is 0 Å². The smallest absolute Gasteiger partial charge is 0.120 e. The SMILES string of the molecule is CCCCCCCCCOc1ccc(C=Cc2ccc3cc(OCC)ccc3n2)cc1. The second-order valence-corrected chi connectivity index (χ2v) is 7.90. The molecule has 0 aliphatic carbocycles. The molecule has 0 unspecified atom stereocenters. The number of hydrogen-bond acceptors (Lipinski definition) is 3. The van der Waals surface area contributed by atoms with E-state index in [4.69, 9.17) is 14.5 Å². The molecule has 0 atom stereocenters. The van der Waals surface area contributed by atoms with Gasteiger partial charge in [0.1, 0.15) is 11.5 Å². The van der Waals surface area contributed by atoms with Crippen molar-refractivity contribution in [3.63, 3.8) is 0 Å². The van der Waals surface area contributed by atoms with Crippen molar-refractivity contribution in [2.45, 2.75) is 58.8 Å². The molecule has 2 aromatic carbocycles. The van der Waals surface area contributed by atoms with Gasteiger partial charge in [0.2, 0.25) is 0 Å². The number of rotatable bonds is 13. The number of pyridine rings is 1. The highest BCUT2D eigenvalue weighted by Crippen LogP contribution is 2.21. The average Bonchev–Trinajstić information content (AvgIpc) is 2.80. The quantitative estimate of drug-likeness (QED) is 0.265. The number of nitrogens with zero attached hydrogens (tertiary/aromatic N) is 1. The lowest BCUT2D eigenvalue weighted by atomic mass is 10.1. The van der Waals surface area contributed by atoms with E-state index in [1.54, 1.807) is 0 Å². The monoisotopic (exact) mass is 417 g/mol. The normalized spacial score (nSPS) is 11.3. The standard InChI is InChI=1S/C28H35NO2/c1-3-5-6-7-8-9-10-21-31-26-17-12-23(13-18-26)11-15-25-16-14-24-22-27(30-4-2)19-20-28(24)29-25/h11-20,22H,3-10,21H2,1-2H3. The van der Waals surface area contributed by atoms with E-state index in [1.165, 1.54) is 38.5 Å². The predicted molar refractivity (Wildman–Crippen MR) is 132 cm³/mol. The van der Waals surface area contributed by atoms with Crippen molar-refractivity contribution in [2.75, 3.05) is 13.2 Å². The van der Waals surface area contributed by atoms with Crippen LogP contribution in [0.15, 0.2) is 54.6 Å². The predicted octanol–water partition coefficient (Wildman–Crippen LogP) is 7.93. The zero-order valence-electron chi connectivity index (χ0n) is 19.0. The van der Waals surface area contributed by atoms with Gasteiger partial charge < -0.3 is 9.47 Å². The van der Waals surface area contributed by atoms with Gasteiger partial charge in [0.05, 0.1) is 24.4 Å². The van der Waals surface area contributed by atoms with E-state index in [2.05, 4.69) is 31.2 Å².